The highest BCUT2D eigenvalue weighted by Crippen LogP contribution is 2.07. The van der Waals surface area contributed by atoms with Gasteiger partial charge in [-0.05, 0) is 35.7 Å². The second-order valence-electron chi connectivity index (χ2n) is 5.59. The molecule has 0 fully saturated rings. The number of aryl methyl sites for hydroxylation is 1. The number of carbonyl (C=O) groups excluding carboxylic acids is 1. The number of rotatable bonds is 6. The molecule has 0 aliphatic rings. The fourth-order valence-electron chi connectivity index (χ4n) is 2.33. The van der Waals surface area contributed by atoms with E-state index in [1.54, 1.807) is 24.7 Å². The van der Waals surface area contributed by atoms with Crippen molar-refractivity contribution in [3.8, 4) is 0 Å². The van der Waals surface area contributed by atoms with E-state index in [9.17, 15) is 4.79 Å². The van der Waals surface area contributed by atoms with Gasteiger partial charge in [0.05, 0.1) is 0 Å². The largest absolute Gasteiger partial charge is 0.350 e. The summed E-state index contributed by atoms with van der Waals surface area (Å²) in [4.78, 5) is 24.8. The number of hydrogen-bond acceptors (Lipinski definition) is 5. The first-order chi connectivity index (χ1) is 12.2. The van der Waals surface area contributed by atoms with Crippen LogP contribution in [-0.4, -0.2) is 20.9 Å². The monoisotopic (exact) mass is 333 g/mol. The summed E-state index contributed by atoms with van der Waals surface area (Å²) in [5.74, 6) is 0.183. The van der Waals surface area contributed by atoms with Crippen LogP contribution in [0.3, 0.4) is 0 Å². The van der Waals surface area contributed by atoms with Crippen LogP contribution in [0.4, 0.5) is 5.95 Å². The molecule has 2 N–H and O–H groups in total. The Balaban J connectivity index is 1.60. The maximum Gasteiger partial charge on any atom is 0.270 e. The third kappa shape index (κ3) is 4.60. The molecule has 0 saturated heterocycles. The molecule has 6 nitrogen and oxygen atoms in total. The van der Waals surface area contributed by atoms with E-state index in [0.717, 1.165) is 16.7 Å². The summed E-state index contributed by atoms with van der Waals surface area (Å²) in [6.07, 6.45) is 5.06. The second-order valence-corrected chi connectivity index (χ2v) is 5.59. The first-order valence-electron chi connectivity index (χ1n) is 8.01. The van der Waals surface area contributed by atoms with Gasteiger partial charge in [0.1, 0.15) is 5.69 Å². The Labute approximate surface area is 146 Å². The maximum absolute atomic E-state index is 12.3. The second kappa shape index (κ2) is 8.01. The van der Waals surface area contributed by atoms with Crippen LogP contribution in [0.5, 0.6) is 0 Å². The number of nitrogens with one attached hydrogen (secondary N) is 2. The number of amides is 1. The highest BCUT2D eigenvalue weighted by Gasteiger charge is 2.09. The molecule has 6 heteroatoms. The van der Waals surface area contributed by atoms with E-state index in [4.69, 9.17) is 0 Å². The number of nitrogens with zero attached hydrogens (tertiary/aromatic N) is 3. The van der Waals surface area contributed by atoms with Crippen molar-refractivity contribution in [2.75, 3.05) is 5.32 Å². The zero-order chi connectivity index (χ0) is 17.5. The van der Waals surface area contributed by atoms with Crippen LogP contribution in [0.15, 0.2) is 61.1 Å². The molecule has 0 unspecified atom stereocenters. The molecule has 0 aliphatic heterocycles. The minimum Gasteiger partial charge on any atom is -0.350 e. The van der Waals surface area contributed by atoms with E-state index < -0.39 is 0 Å². The minimum absolute atomic E-state index is 0.227. The summed E-state index contributed by atoms with van der Waals surface area (Å²) in [7, 11) is 0. The fourth-order valence-corrected chi connectivity index (χ4v) is 2.33. The van der Waals surface area contributed by atoms with Gasteiger partial charge in [-0.15, -0.1) is 0 Å². The molecule has 0 saturated carbocycles. The molecule has 3 rings (SSSR count). The fraction of sp³-hybridized carbons (Fsp3) is 0.158. The number of hydrogen-bond donors (Lipinski definition) is 2. The molecule has 0 aliphatic carbocycles. The molecule has 25 heavy (non-hydrogen) atoms. The summed E-state index contributed by atoms with van der Waals surface area (Å²) in [5.41, 5.74) is 3.57. The molecule has 0 spiro atoms. The zero-order valence-corrected chi connectivity index (χ0v) is 13.9. The van der Waals surface area contributed by atoms with Gasteiger partial charge >= 0.3 is 0 Å². The van der Waals surface area contributed by atoms with Gasteiger partial charge < -0.3 is 10.6 Å². The SMILES string of the molecule is Cc1ccccc1CNC(=O)c1ccnc(NCc2cccnc2)n1. The van der Waals surface area contributed by atoms with Crippen LogP contribution in [0, 0.1) is 6.92 Å². The van der Waals surface area contributed by atoms with Crippen molar-refractivity contribution in [1.29, 1.82) is 0 Å². The maximum atomic E-state index is 12.3. The van der Waals surface area contributed by atoms with Crippen LogP contribution < -0.4 is 10.6 Å². The highest BCUT2D eigenvalue weighted by molar-refractivity contribution is 5.92. The van der Waals surface area contributed by atoms with Crippen LogP contribution in [-0.2, 0) is 13.1 Å². The summed E-state index contributed by atoms with van der Waals surface area (Å²) in [6.45, 7) is 3.03. The van der Waals surface area contributed by atoms with Gasteiger partial charge in [0.2, 0.25) is 5.95 Å². The lowest BCUT2D eigenvalue weighted by molar-refractivity contribution is 0.0946. The molecule has 1 aromatic carbocycles. The topological polar surface area (TPSA) is 79.8 Å². The first kappa shape index (κ1) is 16.6. The van der Waals surface area contributed by atoms with Crippen LogP contribution >= 0.6 is 0 Å². The van der Waals surface area contributed by atoms with Crippen LogP contribution in [0.2, 0.25) is 0 Å². The van der Waals surface area contributed by atoms with Gasteiger partial charge in [0, 0.05) is 31.7 Å². The van der Waals surface area contributed by atoms with Crippen molar-refractivity contribution in [2.24, 2.45) is 0 Å². The predicted octanol–water partition coefficient (Wildman–Crippen LogP) is 2.72. The molecule has 0 atom stereocenters. The predicted molar refractivity (Wildman–Crippen MR) is 95.9 cm³/mol. The summed E-state index contributed by atoms with van der Waals surface area (Å²) >= 11 is 0. The van der Waals surface area contributed by atoms with Crippen molar-refractivity contribution in [1.82, 2.24) is 20.3 Å². The normalized spacial score (nSPS) is 10.3. The first-order valence-corrected chi connectivity index (χ1v) is 8.01. The summed E-state index contributed by atoms with van der Waals surface area (Å²) in [5, 5.41) is 5.99. The number of pyridine rings is 1. The minimum atomic E-state index is -0.227. The standard InChI is InChI=1S/C19H19N5O/c1-14-5-2-3-7-16(14)13-22-18(25)17-8-10-21-19(24-17)23-12-15-6-4-9-20-11-15/h2-11H,12-13H2,1H3,(H,22,25)(H,21,23,24). The Morgan fingerprint density at radius 2 is 1.92 bits per heavy atom. The number of carbonyl (C=O) groups is 1. The van der Waals surface area contributed by atoms with Crippen molar-refractivity contribution in [2.45, 2.75) is 20.0 Å². The molecular formula is C19H19N5O. The quantitative estimate of drug-likeness (QED) is 0.725. The highest BCUT2D eigenvalue weighted by atomic mass is 16.1. The average Bonchev–Trinajstić information content (AvgIpc) is 2.66. The van der Waals surface area contributed by atoms with Crippen molar-refractivity contribution >= 4 is 11.9 Å². The Morgan fingerprint density at radius 3 is 2.72 bits per heavy atom. The Hall–Kier alpha value is -3.28. The van der Waals surface area contributed by atoms with Gasteiger partial charge in [-0.25, -0.2) is 9.97 Å². The van der Waals surface area contributed by atoms with Gasteiger partial charge in [-0.2, -0.15) is 0 Å². The van der Waals surface area contributed by atoms with E-state index in [1.165, 1.54) is 0 Å². The third-order valence-electron chi connectivity index (χ3n) is 3.76. The third-order valence-corrected chi connectivity index (χ3v) is 3.76. The molecule has 1 amide bonds. The number of aromatic nitrogens is 3. The smallest absolute Gasteiger partial charge is 0.270 e. The van der Waals surface area contributed by atoms with E-state index in [0.29, 0.717) is 24.7 Å². The van der Waals surface area contributed by atoms with E-state index >= 15 is 0 Å². The van der Waals surface area contributed by atoms with E-state index in [-0.39, 0.29) is 5.91 Å². The van der Waals surface area contributed by atoms with Gasteiger partial charge in [-0.3, -0.25) is 9.78 Å². The summed E-state index contributed by atoms with van der Waals surface area (Å²) in [6, 6.07) is 13.4. The van der Waals surface area contributed by atoms with Gasteiger partial charge in [0.25, 0.3) is 5.91 Å². The molecule has 126 valence electrons. The van der Waals surface area contributed by atoms with Crippen molar-refractivity contribution < 1.29 is 4.79 Å². The number of anilines is 1. The lowest BCUT2D eigenvalue weighted by Gasteiger charge is -2.09. The van der Waals surface area contributed by atoms with E-state index in [1.807, 2.05) is 43.3 Å². The zero-order valence-electron chi connectivity index (χ0n) is 13.9. The molecule has 3 aromatic rings. The lowest BCUT2D eigenvalue weighted by Crippen LogP contribution is -2.24. The van der Waals surface area contributed by atoms with Crippen LogP contribution in [0.25, 0.3) is 0 Å². The molecule has 2 aromatic heterocycles. The Morgan fingerprint density at radius 1 is 1.04 bits per heavy atom. The van der Waals surface area contributed by atoms with Crippen molar-refractivity contribution in [3.63, 3.8) is 0 Å². The Bertz CT molecular complexity index is 851. The van der Waals surface area contributed by atoms with Gasteiger partial charge in [0.15, 0.2) is 0 Å². The van der Waals surface area contributed by atoms with Crippen LogP contribution in [0.1, 0.15) is 27.2 Å². The average molecular weight is 333 g/mol. The van der Waals surface area contributed by atoms with E-state index in [2.05, 4.69) is 25.6 Å². The lowest BCUT2D eigenvalue weighted by atomic mass is 10.1. The molecule has 2 heterocycles. The Kier molecular flexibility index (Phi) is 5.31. The number of benzene rings is 1. The molecular weight excluding hydrogens is 314 g/mol. The molecule has 0 radical (unpaired) electrons. The van der Waals surface area contributed by atoms with Crippen molar-refractivity contribution in [3.05, 3.63) is 83.4 Å². The summed E-state index contributed by atoms with van der Waals surface area (Å²) < 4.78 is 0. The van der Waals surface area contributed by atoms with Gasteiger partial charge in [-0.1, -0.05) is 30.3 Å². The molecule has 0 bridgehead atoms.